The largest absolute Gasteiger partial charge is 0.463 e. The minimum Gasteiger partial charge on any atom is -0.463 e. The van der Waals surface area contributed by atoms with E-state index in [1.54, 1.807) is 0 Å². The Kier molecular flexibility index (Phi) is 9.83. The van der Waals surface area contributed by atoms with Crippen LogP contribution in [0.2, 0.25) is 0 Å². The lowest BCUT2D eigenvalue weighted by molar-refractivity contribution is -0.278. The Balaban J connectivity index is 3.21. The van der Waals surface area contributed by atoms with E-state index in [1.165, 1.54) is 13.8 Å². The van der Waals surface area contributed by atoms with E-state index >= 15 is 0 Å². The summed E-state index contributed by atoms with van der Waals surface area (Å²) in [5, 5.41) is 11.5. The number of amides is 1. The molecule has 1 aliphatic heterocycles. The normalized spacial score (nSPS) is 26.8. The van der Waals surface area contributed by atoms with Gasteiger partial charge in [0.2, 0.25) is 5.91 Å². The van der Waals surface area contributed by atoms with Crippen LogP contribution in [0, 0.1) is 0 Å². The summed E-state index contributed by atoms with van der Waals surface area (Å²) in [4.78, 5) is 46.1. The van der Waals surface area contributed by atoms with Gasteiger partial charge in [-0.3, -0.25) is 19.2 Å². The highest BCUT2D eigenvalue weighted by Crippen LogP contribution is 2.28. The third kappa shape index (κ3) is 7.79. The van der Waals surface area contributed by atoms with Gasteiger partial charge in [-0.15, -0.1) is 0 Å². The number of aliphatic hydroxyl groups is 1. The van der Waals surface area contributed by atoms with Crippen LogP contribution in [0.5, 0.6) is 0 Å². The smallest absolute Gasteiger partial charge is 0.303 e. The van der Waals surface area contributed by atoms with Crippen molar-refractivity contribution >= 4 is 23.8 Å². The first kappa shape index (κ1) is 23.8. The zero-order chi connectivity index (χ0) is 21.3. The zero-order valence-corrected chi connectivity index (χ0v) is 16.3. The van der Waals surface area contributed by atoms with E-state index in [9.17, 15) is 19.2 Å². The number of hydrogen-bond acceptors (Lipinski definition) is 10. The third-order valence-electron chi connectivity index (χ3n) is 3.66. The number of ether oxygens (including phenoxy) is 5. The van der Waals surface area contributed by atoms with Crippen LogP contribution in [0.3, 0.4) is 0 Å². The van der Waals surface area contributed by atoms with Crippen molar-refractivity contribution in [2.75, 3.05) is 19.8 Å². The first-order valence-corrected chi connectivity index (χ1v) is 8.78. The average Bonchev–Trinajstić information content (AvgIpc) is 2.57. The van der Waals surface area contributed by atoms with Gasteiger partial charge in [0.25, 0.3) is 0 Å². The monoisotopic (exact) mass is 405 g/mol. The van der Waals surface area contributed by atoms with Crippen LogP contribution in [0.1, 0.15) is 34.1 Å². The van der Waals surface area contributed by atoms with Crippen LogP contribution in [0.15, 0.2) is 0 Å². The summed E-state index contributed by atoms with van der Waals surface area (Å²) >= 11 is 0. The number of esters is 3. The molecule has 0 aliphatic carbocycles. The fourth-order valence-electron chi connectivity index (χ4n) is 2.70. The molecule has 5 atom stereocenters. The van der Waals surface area contributed by atoms with Gasteiger partial charge in [-0.05, 0) is 6.42 Å². The molecule has 0 aromatic carbocycles. The third-order valence-corrected chi connectivity index (χ3v) is 3.66. The summed E-state index contributed by atoms with van der Waals surface area (Å²) in [5.41, 5.74) is 0. The predicted octanol–water partition coefficient (Wildman–Crippen LogP) is -0.958. The van der Waals surface area contributed by atoms with Crippen LogP contribution < -0.4 is 5.32 Å². The Hall–Kier alpha value is -2.24. The number of aliphatic hydroxyl groups excluding tert-OH is 1. The van der Waals surface area contributed by atoms with Crippen molar-refractivity contribution in [3.05, 3.63) is 0 Å². The summed E-state index contributed by atoms with van der Waals surface area (Å²) in [6.07, 6.45) is -4.13. The lowest BCUT2D eigenvalue weighted by atomic mass is 9.96. The van der Waals surface area contributed by atoms with Gasteiger partial charge in [-0.25, -0.2) is 0 Å². The van der Waals surface area contributed by atoms with Crippen molar-refractivity contribution in [3.8, 4) is 0 Å². The Morgan fingerprint density at radius 1 is 0.964 bits per heavy atom. The lowest BCUT2D eigenvalue weighted by Crippen LogP contribution is -2.66. The number of carbonyl (C=O) groups excluding carboxylic acids is 4. The van der Waals surface area contributed by atoms with E-state index in [2.05, 4.69) is 5.32 Å². The topological polar surface area (TPSA) is 147 Å². The summed E-state index contributed by atoms with van der Waals surface area (Å²) in [5.74, 6) is -2.41. The molecule has 0 aromatic heterocycles. The van der Waals surface area contributed by atoms with E-state index in [0.717, 1.165) is 13.8 Å². The Morgan fingerprint density at radius 3 is 2.07 bits per heavy atom. The highest BCUT2D eigenvalue weighted by molar-refractivity contribution is 5.73. The molecule has 160 valence electrons. The Labute approximate surface area is 162 Å². The maximum absolute atomic E-state index is 11.7. The van der Waals surface area contributed by atoms with Crippen molar-refractivity contribution in [3.63, 3.8) is 0 Å². The fourth-order valence-corrected chi connectivity index (χ4v) is 2.70. The van der Waals surface area contributed by atoms with E-state index in [-0.39, 0.29) is 19.8 Å². The van der Waals surface area contributed by atoms with Gasteiger partial charge in [-0.2, -0.15) is 0 Å². The Morgan fingerprint density at radius 2 is 1.57 bits per heavy atom. The highest BCUT2D eigenvalue weighted by Gasteiger charge is 2.51. The molecule has 28 heavy (non-hydrogen) atoms. The first-order chi connectivity index (χ1) is 13.1. The number of rotatable bonds is 9. The molecule has 0 radical (unpaired) electrons. The quantitative estimate of drug-likeness (QED) is 0.279. The maximum atomic E-state index is 11.7. The van der Waals surface area contributed by atoms with Gasteiger partial charge >= 0.3 is 17.9 Å². The molecule has 0 spiro atoms. The minimum absolute atomic E-state index is 0.0859. The van der Waals surface area contributed by atoms with Crippen molar-refractivity contribution in [2.45, 2.75) is 64.8 Å². The average molecular weight is 405 g/mol. The SMILES string of the molecule is CC(=O)NC1C(OC(C)=O)[C@H](OC(C)=O)C(COC(C)=O)O[C@H]1OCCCO. The molecule has 1 fully saturated rings. The summed E-state index contributed by atoms with van der Waals surface area (Å²) in [6.45, 7) is 4.43. The predicted molar refractivity (Wildman–Crippen MR) is 91.7 cm³/mol. The molecule has 0 bridgehead atoms. The highest BCUT2D eigenvalue weighted by atomic mass is 16.7. The standard InChI is InChI=1S/C17H27NO10/c1-9(20)18-14-16(27-12(4)23)15(26-11(3)22)13(8-25-10(2)21)28-17(14)24-7-5-6-19/h13-17,19H,5-8H2,1-4H3,(H,18,20)/t13?,14?,15-,16?,17-/m1/s1. The van der Waals surface area contributed by atoms with E-state index in [0.29, 0.717) is 6.42 Å². The van der Waals surface area contributed by atoms with E-state index < -0.39 is 54.5 Å². The van der Waals surface area contributed by atoms with E-state index in [1.807, 2.05) is 0 Å². The van der Waals surface area contributed by atoms with Gasteiger partial charge in [-0.1, -0.05) is 0 Å². The van der Waals surface area contributed by atoms with Crippen LogP contribution >= 0.6 is 0 Å². The molecule has 0 saturated carbocycles. The van der Waals surface area contributed by atoms with Gasteiger partial charge in [0, 0.05) is 34.3 Å². The molecule has 11 nitrogen and oxygen atoms in total. The molecule has 1 aliphatic rings. The number of nitrogens with one attached hydrogen (secondary N) is 1. The van der Waals surface area contributed by atoms with Gasteiger partial charge < -0.3 is 34.1 Å². The molecule has 1 saturated heterocycles. The fraction of sp³-hybridized carbons (Fsp3) is 0.765. The number of hydrogen-bond donors (Lipinski definition) is 2. The van der Waals surface area contributed by atoms with Crippen molar-refractivity contribution in [1.29, 1.82) is 0 Å². The second-order valence-corrected chi connectivity index (χ2v) is 6.17. The van der Waals surface area contributed by atoms with Gasteiger partial charge in [0.05, 0.1) is 6.61 Å². The molecule has 11 heteroatoms. The first-order valence-electron chi connectivity index (χ1n) is 8.78. The second-order valence-electron chi connectivity index (χ2n) is 6.17. The molecular weight excluding hydrogens is 378 g/mol. The molecule has 1 amide bonds. The maximum Gasteiger partial charge on any atom is 0.303 e. The van der Waals surface area contributed by atoms with Crippen LogP contribution in [-0.2, 0) is 42.9 Å². The van der Waals surface area contributed by atoms with Gasteiger partial charge in [0.1, 0.15) is 18.8 Å². The zero-order valence-electron chi connectivity index (χ0n) is 16.3. The molecule has 1 rings (SSSR count). The Bertz CT molecular complexity index is 566. The molecule has 0 aromatic rings. The number of carbonyl (C=O) groups is 4. The van der Waals surface area contributed by atoms with Crippen LogP contribution in [-0.4, -0.2) is 79.4 Å². The second kappa shape index (κ2) is 11.6. The minimum atomic E-state index is -1.16. The van der Waals surface area contributed by atoms with Gasteiger partial charge in [0.15, 0.2) is 18.5 Å². The summed E-state index contributed by atoms with van der Waals surface area (Å²) in [6, 6.07) is -1.00. The summed E-state index contributed by atoms with van der Waals surface area (Å²) in [7, 11) is 0. The van der Waals surface area contributed by atoms with Crippen molar-refractivity contribution in [2.24, 2.45) is 0 Å². The van der Waals surface area contributed by atoms with Crippen LogP contribution in [0.4, 0.5) is 0 Å². The van der Waals surface area contributed by atoms with E-state index in [4.69, 9.17) is 28.8 Å². The molecule has 1 heterocycles. The molecule has 3 unspecified atom stereocenters. The van der Waals surface area contributed by atoms with Crippen molar-refractivity contribution < 1.29 is 48.0 Å². The lowest BCUT2D eigenvalue weighted by Gasteiger charge is -2.44. The molecular formula is C17H27NO10. The van der Waals surface area contributed by atoms with Crippen LogP contribution in [0.25, 0.3) is 0 Å². The molecule has 2 N–H and O–H groups in total. The summed E-state index contributed by atoms with van der Waals surface area (Å²) < 4.78 is 26.9. The van der Waals surface area contributed by atoms with Crippen molar-refractivity contribution in [1.82, 2.24) is 5.32 Å².